The third kappa shape index (κ3) is 4.41. The fraction of sp³-hybridized carbons (Fsp3) is 0.273. The molecule has 1 amide bonds. The molecule has 20 heavy (non-hydrogen) atoms. The molecule has 4 N–H and O–H groups in total. The number of likely N-dealkylation sites (N-methyl/N-ethyl adjacent to an activating group) is 1. The lowest BCUT2D eigenvalue weighted by Gasteiger charge is -2.09. The summed E-state index contributed by atoms with van der Waals surface area (Å²) in [7, 11) is -3.92. The molecule has 110 valence electrons. The number of hydrogen-bond acceptors (Lipinski definition) is 4. The van der Waals surface area contributed by atoms with Crippen molar-refractivity contribution in [3.63, 3.8) is 0 Å². The van der Waals surface area contributed by atoms with Crippen LogP contribution in [0.5, 0.6) is 0 Å². The topological polar surface area (TPSA) is 101 Å². The molecule has 0 heterocycles. The summed E-state index contributed by atoms with van der Waals surface area (Å²) in [6, 6.07) is 4.18. The summed E-state index contributed by atoms with van der Waals surface area (Å²) < 4.78 is 26.3. The van der Waals surface area contributed by atoms with Gasteiger partial charge in [-0.3, -0.25) is 4.79 Å². The number of halogens is 1. The normalized spacial score (nSPS) is 11.1. The second-order valence-corrected chi connectivity index (χ2v) is 6.37. The van der Waals surface area contributed by atoms with E-state index in [2.05, 4.69) is 10.0 Å². The Labute approximate surface area is 127 Å². The lowest BCUT2D eigenvalue weighted by Crippen LogP contribution is -2.36. The van der Waals surface area contributed by atoms with Crippen LogP contribution in [0.2, 0.25) is 5.02 Å². The van der Waals surface area contributed by atoms with Gasteiger partial charge in [0.1, 0.15) is 9.88 Å². The number of carbonyl (C=O) groups is 1. The van der Waals surface area contributed by atoms with Crippen molar-refractivity contribution in [2.24, 2.45) is 5.73 Å². The van der Waals surface area contributed by atoms with Gasteiger partial charge in [-0.1, -0.05) is 29.9 Å². The Morgan fingerprint density at radius 1 is 1.45 bits per heavy atom. The third-order valence-electron chi connectivity index (χ3n) is 2.30. The van der Waals surface area contributed by atoms with Crippen LogP contribution in [-0.4, -0.2) is 32.4 Å². The van der Waals surface area contributed by atoms with Gasteiger partial charge < -0.3 is 11.1 Å². The number of amides is 1. The minimum atomic E-state index is -3.92. The van der Waals surface area contributed by atoms with Crippen LogP contribution in [0.3, 0.4) is 0 Å². The third-order valence-corrected chi connectivity index (χ3v) is 4.42. The maximum Gasteiger partial charge on any atom is 0.242 e. The van der Waals surface area contributed by atoms with Gasteiger partial charge in [0.15, 0.2) is 0 Å². The average molecular weight is 336 g/mol. The molecule has 0 saturated heterocycles. The van der Waals surface area contributed by atoms with E-state index < -0.39 is 15.9 Å². The molecule has 0 bridgehead atoms. The zero-order valence-corrected chi connectivity index (χ0v) is 13.0. The Kier molecular flexibility index (Phi) is 5.88. The molecule has 0 radical (unpaired) electrons. The number of rotatable bonds is 6. The first-order valence-corrected chi connectivity index (χ1v) is 7.90. The standard InChI is InChI=1S/C11H14ClN3O3S2/c1-2-14-10(16)6-15-20(17,18)9-5-7(11(13)19)3-4-8(9)12/h3-5,15H,2,6H2,1H3,(H2,13,19)(H,14,16). The molecule has 1 aromatic rings. The summed E-state index contributed by atoms with van der Waals surface area (Å²) in [4.78, 5) is 11.2. The van der Waals surface area contributed by atoms with E-state index in [9.17, 15) is 13.2 Å². The molecular weight excluding hydrogens is 322 g/mol. The molecule has 0 unspecified atom stereocenters. The van der Waals surface area contributed by atoms with Crippen molar-refractivity contribution < 1.29 is 13.2 Å². The lowest BCUT2D eigenvalue weighted by molar-refractivity contribution is -0.119. The van der Waals surface area contributed by atoms with Crippen molar-refractivity contribution in [1.82, 2.24) is 10.0 Å². The zero-order chi connectivity index (χ0) is 15.3. The summed E-state index contributed by atoms with van der Waals surface area (Å²) in [5, 5.41) is 2.50. The summed E-state index contributed by atoms with van der Waals surface area (Å²) in [6.07, 6.45) is 0. The number of thiocarbonyl (C=S) groups is 1. The van der Waals surface area contributed by atoms with E-state index in [0.29, 0.717) is 12.1 Å². The van der Waals surface area contributed by atoms with E-state index in [1.54, 1.807) is 6.92 Å². The molecule has 0 aliphatic rings. The molecule has 0 atom stereocenters. The minimum absolute atomic E-state index is 0.0217. The monoisotopic (exact) mass is 335 g/mol. The van der Waals surface area contributed by atoms with Gasteiger partial charge >= 0.3 is 0 Å². The first-order valence-electron chi connectivity index (χ1n) is 5.63. The van der Waals surface area contributed by atoms with Gasteiger partial charge in [0, 0.05) is 12.1 Å². The van der Waals surface area contributed by atoms with Crippen LogP contribution in [0.25, 0.3) is 0 Å². The first kappa shape index (κ1) is 16.8. The van der Waals surface area contributed by atoms with Crippen LogP contribution in [0, 0.1) is 0 Å². The van der Waals surface area contributed by atoms with E-state index >= 15 is 0 Å². The highest BCUT2D eigenvalue weighted by Gasteiger charge is 2.19. The van der Waals surface area contributed by atoms with E-state index in [4.69, 9.17) is 29.6 Å². The number of benzene rings is 1. The number of nitrogens with one attached hydrogen (secondary N) is 2. The highest BCUT2D eigenvalue weighted by atomic mass is 35.5. The highest BCUT2D eigenvalue weighted by molar-refractivity contribution is 7.89. The smallest absolute Gasteiger partial charge is 0.242 e. The van der Waals surface area contributed by atoms with Crippen molar-refractivity contribution in [2.75, 3.05) is 13.1 Å². The van der Waals surface area contributed by atoms with Crippen molar-refractivity contribution >= 4 is 44.7 Å². The quantitative estimate of drug-likeness (QED) is 0.653. The van der Waals surface area contributed by atoms with Crippen LogP contribution in [-0.2, 0) is 14.8 Å². The maximum absolute atomic E-state index is 12.1. The van der Waals surface area contributed by atoms with E-state index in [-0.39, 0.29) is 21.5 Å². The van der Waals surface area contributed by atoms with Crippen LogP contribution in [0.1, 0.15) is 12.5 Å². The number of hydrogen-bond donors (Lipinski definition) is 3. The van der Waals surface area contributed by atoms with E-state index in [1.165, 1.54) is 18.2 Å². The Morgan fingerprint density at radius 3 is 2.65 bits per heavy atom. The van der Waals surface area contributed by atoms with Crippen molar-refractivity contribution in [3.8, 4) is 0 Å². The molecule has 0 fully saturated rings. The average Bonchev–Trinajstić information content (AvgIpc) is 2.37. The predicted octanol–water partition coefficient (Wildman–Crippen LogP) is 0.389. The highest BCUT2D eigenvalue weighted by Crippen LogP contribution is 2.22. The number of carbonyl (C=O) groups excluding carboxylic acids is 1. The van der Waals surface area contributed by atoms with Crippen molar-refractivity contribution in [1.29, 1.82) is 0 Å². The molecular formula is C11H14ClN3O3S2. The first-order chi connectivity index (χ1) is 9.27. The van der Waals surface area contributed by atoms with Crippen molar-refractivity contribution in [2.45, 2.75) is 11.8 Å². The summed E-state index contributed by atoms with van der Waals surface area (Å²) in [6.45, 7) is 1.77. The number of nitrogens with two attached hydrogens (primary N) is 1. The predicted molar refractivity (Wildman–Crippen MR) is 81.2 cm³/mol. The van der Waals surface area contributed by atoms with Crippen LogP contribution in [0.15, 0.2) is 23.1 Å². The van der Waals surface area contributed by atoms with Gasteiger partial charge in [-0.25, -0.2) is 13.1 Å². The number of sulfonamides is 1. The summed E-state index contributed by atoms with van der Waals surface area (Å²) in [5.74, 6) is -0.433. The van der Waals surface area contributed by atoms with Gasteiger partial charge in [-0.05, 0) is 19.1 Å². The summed E-state index contributed by atoms with van der Waals surface area (Å²) >= 11 is 10.6. The summed E-state index contributed by atoms with van der Waals surface area (Å²) in [5.41, 5.74) is 5.82. The molecule has 0 aliphatic heterocycles. The largest absolute Gasteiger partial charge is 0.389 e. The van der Waals surface area contributed by atoms with Gasteiger partial charge in [0.25, 0.3) is 0 Å². The Balaban J connectivity index is 3.00. The van der Waals surface area contributed by atoms with Crippen LogP contribution >= 0.6 is 23.8 Å². The van der Waals surface area contributed by atoms with Gasteiger partial charge in [0.05, 0.1) is 11.6 Å². The second-order valence-electron chi connectivity index (χ2n) is 3.79. The fourth-order valence-electron chi connectivity index (χ4n) is 1.36. The van der Waals surface area contributed by atoms with Gasteiger partial charge in [-0.15, -0.1) is 0 Å². The zero-order valence-electron chi connectivity index (χ0n) is 10.6. The van der Waals surface area contributed by atoms with E-state index in [1.807, 2.05) is 0 Å². The van der Waals surface area contributed by atoms with E-state index in [0.717, 1.165) is 0 Å². The van der Waals surface area contributed by atoms with Crippen LogP contribution < -0.4 is 15.8 Å². The molecule has 0 aliphatic carbocycles. The molecule has 0 aromatic heterocycles. The fourth-order valence-corrected chi connectivity index (χ4v) is 2.99. The lowest BCUT2D eigenvalue weighted by atomic mass is 10.2. The Hall–Kier alpha value is -1.22. The molecule has 0 spiro atoms. The van der Waals surface area contributed by atoms with Gasteiger partial charge in [0.2, 0.25) is 15.9 Å². The SMILES string of the molecule is CCNC(=O)CNS(=O)(=O)c1cc(C(N)=S)ccc1Cl. The molecule has 1 aromatic carbocycles. The van der Waals surface area contributed by atoms with Crippen molar-refractivity contribution in [3.05, 3.63) is 28.8 Å². The minimum Gasteiger partial charge on any atom is -0.389 e. The molecule has 9 heteroatoms. The molecule has 0 saturated carbocycles. The Morgan fingerprint density at radius 2 is 2.10 bits per heavy atom. The second kappa shape index (κ2) is 6.98. The van der Waals surface area contributed by atoms with Crippen LogP contribution in [0.4, 0.5) is 0 Å². The Bertz CT molecular complexity index is 632. The van der Waals surface area contributed by atoms with Gasteiger partial charge in [-0.2, -0.15) is 0 Å². The molecule has 1 rings (SSSR count). The maximum atomic E-state index is 12.1. The molecule has 6 nitrogen and oxygen atoms in total.